The van der Waals surface area contributed by atoms with Gasteiger partial charge in [-0.2, -0.15) is 0 Å². The number of fused-ring (bicyclic) bond motifs is 1. The maximum absolute atomic E-state index is 12.8. The Morgan fingerprint density at radius 2 is 1.59 bits per heavy atom. The van der Waals surface area contributed by atoms with Crippen LogP contribution < -0.4 is 10.1 Å². The molecule has 6 nitrogen and oxygen atoms in total. The molecule has 0 saturated carbocycles. The van der Waals surface area contributed by atoms with Crippen molar-refractivity contribution in [3.63, 3.8) is 0 Å². The van der Waals surface area contributed by atoms with E-state index in [1.807, 2.05) is 30.3 Å². The van der Waals surface area contributed by atoms with Gasteiger partial charge in [-0.1, -0.05) is 30.3 Å². The van der Waals surface area contributed by atoms with Crippen LogP contribution in [0.1, 0.15) is 36.6 Å². The maximum Gasteiger partial charge on any atom is 0.261 e. The average Bonchev–Trinajstić information content (AvgIpc) is 2.99. The van der Waals surface area contributed by atoms with Crippen molar-refractivity contribution in [3.05, 3.63) is 95.1 Å². The number of imide groups is 1. The molecule has 0 atom stereocenters. The molecular formula is C23H18N2O4. The second-order valence-corrected chi connectivity index (χ2v) is 6.63. The van der Waals surface area contributed by atoms with Crippen LogP contribution >= 0.6 is 0 Å². The first-order valence-corrected chi connectivity index (χ1v) is 9.06. The third-order valence-corrected chi connectivity index (χ3v) is 4.76. The minimum absolute atomic E-state index is 0.209. The quantitative estimate of drug-likeness (QED) is 0.678. The van der Waals surface area contributed by atoms with Crippen molar-refractivity contribution in [2.75, 3.05) is 12.4 Å². The number of carbonyl (C=O) groups is 3. The zero-order valence-corrected chi connectivity index (χ0v) is 15.7. The van der Waals surface area contributed by atoms with E-state index >= 15 is 0 Å². The molecule has 0 aliphatic carbocycles. The van der Waals surface area contributed by atoms with Crippen molar-refractivity contribution in [2.24, 2.45) is 0 Å². The summed E-state index contributed by atoms with van der Waals surface area (Å²) in [5, 5.41) is 2.76. The van der Waals surface area contributed by atoms with E-state index < -0.39 is 0 Å². The number of nitrogens with zero attached hydrogens (tertiary/aromatic N) is 1. The van der Waals surface area contributed by atoms with E-state index in [1.54, 1.807) is 49.6 Å². The lowest BCUT2D eigenvalue weighted by Crippen LogP contribution is -2.29. The van der Waals surface area contributed by atoms with Crippen LogP contribution in [-0.4, -0.2) is 29.7 Å². The highest BCUT2D eigenvalue weighted by Gasteiger charge is 2.35. The summed E-state index contributed by atoms with van der Waals surface area (Å²) in [6.07, 6.45) is 0. The van der Waals surface area contributed by atoms with Crippen LogP contribution in [0.3, 0.4) is 0 Å². The summed E-state index contributed by atoms with van der Waals surface area (Å²) in [4.78, 5) is 39.1. The fraction of sp³-hybridized carbons (Fsp3) is 0.0870. The van der Waals surface area contributed by atoms with Gasteiger partial charge in [-0.15, -0.1) is 0 Å². The van der Waals surface area contributed by atoms with E-state index in [4.69, 9.17) is 4.74 Å². The molecule has 4 rings (SSSR count). The lowest BCUT2D eigenvalue weighted by atomic mass is 10.1. The lowest BCUT2D eigenvalue weighted by Gasteiger charge is -2.13. The van der Waals surface area contributed by atoms with Gasteiger partial charge in [0.15, 0.2) is 0 Å². The second kappa shape index (κ2) is 7.59. The molecule has 0 fully saturated rings. The second-order valence-electron chi connectivity index (χ2n) is 6.63. The normalized spacial score (nSPS) is 12.7. The van der Waals surface area contributed by atoms with Crippen LogP contribution in [0.25, 0.3) is 0 Å². The summed E-state index contributed by atoms with van der Waals surface area (Å²) < 4.78 is 5.09. The molecule has 144 valence electrons. The van der Waals surface area contributed by atoms with Gasteiger partial charge in [-0.3, -0.25) is 19.3 Å². The summed E-state index contributed by atoms with van der Waals surface area (Å²) in [6, 6.07) is 20.8. The van der Waals surface area contributed by atoms with Gasteiger partial charge < -0.3 is 10.1 Å². The Morgan fingerprint density at radius 1 is 0.897 bits per heavy atom. The smallest absolute Gasteiger partial charge is 0.261 e. The molecule has 6 heteroatoms. The van der Waals surface area contributed by atoms with Gasteiger partial charge in [0.2, 0.25) is 0 Å². The van der Waals surface area contributed by atoms with Crippen LogP contribution in [0.2, 0.25) is 0 Å². The Morgan fingerprint density at radius 3 is 2.28 bits per heavy atom. The molecule has 3 aromatic rings. The number of hydrogen-bond donors (Lipinski definition) is 1. The van der Waals surface area contributed by atoms with E-state index in [-0.39, 0.29) is 24.3 Å². The van der Waals surface area contributed by atoms with Crippen molar-refractivity contribution in [2.45, 2.75) is 6.54 Å². The topological polar surface area (TPSA) is 75.7 Å². The predicted molar refractivity (Wildman–Crippen MR) is 108 cm³/mol. The number of benzene rings is 3. The number of hydrogen-bond acceptors (Lipinski definition) is 4. The minimum Gasteiger partial charge on any atom is -0.497 e. The van der Waals surface area contributed by atoms with Crippen LogP contribution in [-0.2, 0) is 6.54 Å². The summed E-state index contributed by atoms with van der Waals surface area (Å²) >= 11 is 0. The summed E-state index contributed by atoms with van der Waals surface area (Å²) in [7, 11) is 1.55. The minimum atomic E-state index is -0.366. The molecule has 3 aromatic carbocycles. The summed E-state index contributed by atoms with van der Waals surface area (Å²) in [6.45, 7) is 0.209. The number of nitrogens with one attached hydrogen (secondary N) is 1. The van der Waals surface area contributed by atoms with Crippen LogP contribution in [0.4, 0.5) is 5.69 Å². The van der Waals surface area contributed by atoms with Crippen molar-refractivity contribution >= 4 is 23.4 Å². The molecule has 0 aromatic heterocycles. The molecule has 3 amide bonds. The van der Waals surface area contributed by atoms with Crippen molar-refractivity contribution < 1.29 is 19.1 Å². The summed E-state index contributed by atoms with van der Waals surface area (Å²) in [5.41, 5.74) is 2.41. The molecule has 0 saturated heterocycles. The highest BCUT2D eigenvalue weighted by molar-refractivity contribution is 6.22. The predicted octanol–water partition coefficient (Wildman–Crippen LogP) is 3.74. The van der Waals surface area contributed by atoms with Gasteiger partial charge in [0, 0.05) is 11.3 Å². The van der Waals surface area contributed by atoms with E-state index in [1.165, 1.54) is 4.90 Å². The molecule has 0 bridgehead atoms. The Labute approximate surface area is 167 Å². The number of rotatable bonds is 5. The molecule has 1 heterocycles. The van der Waals surface area contributed by atoms with Gasteiger partial charge >= 0.3 is 0 Å². The van der Waals surface area contributed by atoms with E-state index in [9.17, 15) is 14.4 Å². The molecule has 0 radical (unpaired) electrons. The molecule has 0 spiro atoms. The Bertz CT molecular complexity index is 1090. The van der Waals surface area contributed by atoms with E-state index in [2.05, 4.69) is 5.32 Å². The number of amides is 3. The number of anilines is 1. The largest absolute Gasteiger partial charge is 0.497 e. The third kappa shape index (κ3) is 3.60. The average molecular weight is 386 g/mol. The Balaban J connectivity index is 1.53. The molecular weight excluding hydrogens is 368 g/mol. The number of methoxy groups -OCH3 is 1. The Hall–Kier alpha value is -3.93. The first-order chi connectivity index (χ1) is 14.1. The van der Waals surface area contributed by atoms with Crippen LogP contribution in [0.5, 0.6) is 5.75 Å². The molecule has 1 N–H and O–H groups in total. The molecule has 29 heavy (non-hydrogen) atoms. The first-order valence-electron chi connectivity index (χ1n) is 9.06. The monoisotopic (exact) mass is 386 g/mol. The standard InChI is InChI=1S/C23H18N2O4/c1-29-18-10-7-16(8-11-18)21(26)24-17-9-12-19-20(13-17)23(28)25(22(19)27)14-15-5-3-2-4-6-15/h2-13H,14H2,1H3,(H,24,26). The van der Waals surface area contributed by atoms with Gasteiger partial charge in [0.05, 0.1) is 24.8 Å². The zero-order chi connectivity index (χ0) is 20.4. The zero-order valence-electron chi connectivity index (χ0n) is 15.7. The molecule has 1 aliphatic heterocycles. The van der Waals surface area contributed by atoms with Crippen molar-refractivity contribution in [3.8, 4) is 5.75 Å². The summed E-state index contributed by atoms with van der Waals surface area (Å²) in [5.74, 6) is -0.358. The van der Waals surface area contributed by atoms with Gasteiger partial charge in [0.25, 0.3) is 17.7 Å². The first kappa shape index (κ1) is 18.4. The van der Waals surface area contributed by atoms with E-state index in [0.29, 0.717) is 28.1 Å². The van der Waals surface area contributed by atoms with Crippen LogP contribution in [0, 0.1) is 0 Å². The fourth-order valence-corrected chi connectivity index (χ4v) is 3.22. The number of carbonyl (C=O) groups excluding carboxylic acids is 3. The third-order valence-electron chi connectivity index (χ3n) is 4.76. The fourth-order valence-electron chi connectivity index (χ4n) is 3.22. The lowest BCUT2D eigenvalue weighted by molar-refractivity contribution is 0.0642. The van der Waals surface area contributed by atoms with Gasteiger partial charge in [-0.05, 0) is 48.0 Å². The van der Waals surface area contributed by atoms with Gasteiger partial charge in [0.1, 0.15) is 5.75 Å². The molecule has 0 unspecified atom stereocenters. The van der Waals surface area contributed by atoms with Crippen molar-refractivity contribution in [1.29, 1.82) is 0 Å². The highest BCUT2D eigenvalue weighted by Crippen LogP contribution is 2.27. The van der Waals surface area contributed by atoms with E-state index in [0.717, 1.165) is 5.56 Å². The SMILES string of the molecule is COc1ccc(C(=O)Nc2ccc3c(c2)C(=O)N(Cc2ccccc2)C3=O)cc1. The van der Waals surface area contributed by atoms with Gasteiger partial charge in [-0.25, -0.2) is 0 Å². The highest BCUT2D eigenvalue weighted by atomic mass is 16.5. The van der Waals surface area contributed by atoms with Crippen molar-refractivity contribution in [1.82, 2.24) is 4.90 Å². The number of ether oxygens (including phenoxy) is 1. The molecule has 1 aliphatic rings. The van der Waals surface area contributed by atoms with Crippen LogP contribution in [0.15, 0.2) is 72.8 Å². The Kier molecular flexibility index (Phi) is 4.83. The maximum atomic E-state index is 12.8.